The molecule has 1 saturated heterocycles. The van der Waals surface area contributed by atoms with Crippen LogP contribution in [-0.4, -0.2) is 60.5 Å². The maximum Gasteiger partial charge on any atom is 0.418 e. The molecule has 1 amide bonds. The van der Waals surface area contributed by atoms with Crippen molar-refractivity contribution >= 4 is 34.0 Å². The maximum absolute atomic E-state index is 13.2. The number of hydrogen-bond donors (Lipinski definition) is 1. The Morgan fingerprint density at radius 1 is 0.868 bits per heavy atom. The number of amides is 1. The lowest BCUT2D eigenvalue weighted by Crippen LogP contribution is -2.47. The van der Waals surface area contributed by atoms with Crippen molar-refractivity contribution in [2.45, 2.75) is 32.2 Å². The average molecular weight is 514 g/mol. The minimum absolute atomic E-state index is 0.0406. The van der Waals surface area contributed by atoms with Crippen molar-refractivity contribution in [3.05, 3.63) is 84.4 Å². The number of rotatable bonds is 8. The molecule has 1 atom stereocenters. The average Bonchev–Trinajstić information content (AvgIpc) is 3.28. The zero-order valence-corrected chi connectivity index (χ0v) is 21.8. The second-order valence-corrected chi connectivity index (χ2v) is 9.94. The number of aromatic nitrogens is 1. The van der Waals surface area contributed by atoms with E-state index in [4.69, 9.17) is 9.47 Å². The Morgan fingerprint density at radius 2 is 1.47 bits per heavy atom. The zero-order chi connectivity index (χ0) is 26.3. The monoisotopic (exact) mass is 513 g/mol. The molecule has 0 radical (unpaired) electrons. The van der Waals surface area contributed by atoms with Crippen LogP contribution in [0.3, 0.4) is 0 Å². The summed E-state index contributed by atoms with van der Waals surface area (Å²) in [6.45, 7) is 5.11. The van der Waals surface area contributed by atoms with Crippen molar-refractivity contribution in [2.24, 2.45) is 5.92 Å². The van der Waals surface area contributed by atoms with Gasteiger partial charge in [-0.3, -0.25) is 0 Å². The Balaban J connectivity index is 1.16. The van der Waals surface area contributed by atoms with Crippen molar-refractivity contribution in [3.8, 4) is 0 Å². The van der Waals surface area contributed by atoms with Crippen molar-refractivity contribution in [3.63, 3.8) is 0 Å². The number of ether oxygens (including phenoxy) is 2. The smallest absolute Gasteiger partial charge is 0.418 e. The second-order valence-electron chi connectivity index (χ2n) is 9.94. The number of carbonyl (C=O) groups is 2. The zero-order valence-electron chi connectivity index (χ0n) is 21.8. The van der Waals surface area contributed by atoms with Crippen LogP contribution in [0.1, 0.15) is 25.3 Å². The number of benzene rings is 3. The van der Waals surface area contributed by atoms with Crippen LogP contribution in [0.2, 0.25) is 0 Å². The van der Waals surface area contributed by atoms with Crippen LogP contribution in [0, 0.1) is 5.92 Å². The molecule has 38 heavy (non-hydrogen) atoms. The van der Waals surface area contributed by atoms with E-state index in [1.165, 1.54) is 5.56 Å². The number of hydrogen-bond acceptors (Lipinski definition) is 5. The SMILES string of the molecule is CCOC(=O)N[C@@H](Cc1ccccc1)CN1CCC(COC(=O)n2c3ccccc3c3ccccc32)CC1. The van der Waals surface area contributed by atoms with Gasteiger partial charge in [-0.05, 0) is 62.9 Å². The van der Waals surface area contributed by atoms with Crippen molar-refractivity contribution in [1.82, 2.24) is 14.8 Å². The van der Waals surface area contributed by atoms with Crippen molar-refractivity contribution < 1.29 is 19.1 Å². The molecule has 198 valence electrons. The molecule has 1 aromatic heterocycles. The third kappa shape index (κ3) is 6.00. The summed E-state index contributed by atoms with van der Waals surface area (Å²) in [6.07, 6.45) is 1.93. The lowest BCUT2D eigenvalue weighted by atomic mass is 9.97. The molecule has 7 nitrogen and oxygen atoms in total. The summed E-state index contributed by atoms with van der Waals surface area (Å²) >= 11 is 0. The van der Waals surface area contributed by atoms with Crippen LogP contribution in [0.4, 0.5) is 9.59 Å². The molecule has 5 rings (SSSR count). The first-order valence-electron chi connectivity index (χ1n) is 13.5. The highest BCUT2D eigenvalue weighted by molar-refractivity contribution is 6.12. The summed E-state index contributed by atoms with van der Waals surface area (Å²) in [5.74, 6) is 0.314. The molecule has 7 heteroatoms. The molecule has 0 aliphatic carbocycles. The fourth-order valence-corrected chi connectivity index (χ4v) is 5.42. The third-order valence-electron chi connectivity index (χ3n) is 7.31. The van der Waals surface area contributed by atoms with Crippen LogP contribution in [0.5, 0.6) is 0 Å². The predicted octanol–water partition coefficient (Wildman–Crippen LogP) is 5.85. The van der Waals surface area contributed by atoms with E-state index in [2.05, 4.69) is 22.3 Å². The van der Waals surface area contributed by atoms with Gasteiger partial charge < -0.3 is 19.7 Å². The van der Waals surface area contributed by atoms with E-state index in [-0.39, 0.29) is 18.2 Å². The van der Waals surface area contributed by atoms with E-state index in [9.17, 15) is 9.59 Å². The number of piperidine rings is 1. The van der Waals surface area contributed by atoms with Gasteiger partial charge in [0.2, 0.25) is 0 Å². The number of fused-ring (bicyclic) bond motifs is 3. The first-order chi connectivity index (χ1) is 18.6. The van der Waals surface area contributed by atoms with Gasteiger partial charge in [0.15, 0.2) is 0 Å². The van der Waals surface area contributed by atoms with E-state index in [1.54, 1.807) is 4.57 Å². The van der Waals surface area contributed by atoms with Gasteiger partial charge in [-0.15, -0.1) is 0 Å². The van der Waals surface area contributed by atoms with Gasteiger partial charge in [0.05, 0.1) is 24.2 Å². The Hall–Kier alpha value is -3.84. The first kappa shape index (κ1) is 25.8. The van der Waals surface area contributed by atoms with E-state index < -0.39 is 0 Å². The quantitative estimate of drug-likeness (QED) is 0.320. The number of carbonyl (C=O) groups excluding carboxylic acids is 2. The van der Waals surface area contributed by atoms with Gasteiger partial charge in [0, 0.05) is 23.4 Å². The number of nitrogens with zero attached hydrogens (tertiary/aromatic N) is 2. The number of para-hydroxylation sites is 2. The molecule has 1 aliphatic rings. The Kier molecular flexibility index (Phi) is 8.24. The molecule has 1 aliphatic heterocycles. The summed E-state index contributed by atoms with van der Waals surface area (Å²) in [6, 6.07) is 26.0. The topological polar surface area (TPSA) is 72.8 Å². The Bertz CT molecular complexity index is 1320. The van der Waals surface area contributed by atoms with Crippen LogP contribution < -0.4 is 5.32 Å². The van der Waals surface area contributed by atoms with E-state index in [0.29, 0.717) is 19.1 Å². The largest absolute Gasteiger partial charge is 0.450 e. The van der Waals surface area contributed by atoms with Crippen molar-refractivity contribution in [2.75, 3.05) is 32.8 Å². The fraction of sp³-hybridized carbons (Fsp3) is 0.355. The standard InChI is InChI=1S/C31H35N3O4/c1-2-37-30(35)32-25(20-23-10-4-3-5-11-23)21-33-18-16-24(17-19-33)22-38-31(36)34-28-14-8-6-12-26(28)27-13-7-9-15-29(27)34/h3-15,24-25H,2,16-22H2,1H3,(H,32,35)/t25-/m0/s1. The van der Waals surface area contributed by atoms with Crippen LogP contribution in [0.25, 0.3) is 21.8 Å². The Morgan fingerprint density at radius 3 is 2.11 bits per heavy atom. The van der Waals surface area contributed by atoms with Gasteiger partial charge in [0.1, 0.15) is 0 Å². The molecule has 0 unspecified atom stereocenters. The number of alkyl carbamates (subject to hydrolysis) is 1. The Labute approximate surface area is 223 Å². The molecular formula is C31H35N3O4. The predicted molar refractivity (Wildman–Crippen MR) is 149 cm³/mol. The summed E-state index contributed by atoms with van der Waals surface area (Å²) < 4.78 is 12.7. The van der Waals surface area contributed by atoms with Gasteiger partial charge >= 0.3 is 12.2 Å². The number of likely N-dealkylation sites (tertiary alicyclic amines) is 1. The first-order valence-corrected chi connectivity index (χ1v) is 13.5. The molecule has 0 saturated carbocycles. The molecule has 2 heterocycles. The number of nitrogens with one attached hydrogen (secondary N) is 1. The molecule has 4 aromatic rings. The second kappa shape index (κ2) is 12.1. The lowest BCUT2D eigenvalue weighted by molar-refractivity contribution is 0.0939. The van der Waals surface area contributed by atoms with Gasteiger partial charge in [-0.1, -0.05) is 66.7 Å². The van der Waals surface area contributed by atoms with Crippen LogP contribution >= 0.6 is 0 Å². The van der Waals surface area contributed by atoms with Crippen LogP contribution in [0.15, 0.2) is 78.9 Å². The minimum atomic E-state index is -0.375. The highest BCUT2D eigenvalue weighted by atomic mass is 16.6. The molecule has 0 spiro atoms. The molecular weight excluding hydrogens is 478 g/mol. The van der Waals surface area contributed by atoms with E-state index in [1.807, 2.05) is 73.7 Å². The molecule has 0 bridgehead atoms. The van der Waals surface area contributed by atoms with Gasteiger partial charge in [-0.2, -0.15) is 0 Å². The minimum Gasteiger partial charge on any atom is -0.450 e. The summed E-state index contributed by atoms with van der Waals surface area (Å²) in [5.41, 5.74) is 2.92. The molecule has 3 aromatic carbocycles. The van der Waals surface area contributed by atoms with E-state index in [0.717, 1.165) is 60.7 Å². The lowest BCUT2D eigenvalue weighted by Gasteiger charge is -2.34. The third-order valence-corrected chi connectivity index (χ3v) is 7.31. The van der Waals surface area contributed by atoms with E-state index >= 15 is 0 Å². The van der Waals surface area contributed by atoms with Crippen LogP contribution in [-0.2, 0) is 15.9 Å². The summed E-state index contributed by atoms with van der Waals surface area (Å²) in [5, 5.41) is 5.14. The fourth-order valence-electron chi connectivity index (χ4n) is 5.42. The molecule has 1 fully saturated rings. The van der Waals surface area contributed by atoms with Gasteiger partial charge in [0.25, 0.3) is 0 Å². The summed E-state index contributed by atoms with van der Waals surface area (Å²) in [4.78, 5) is 27.7. The highest BCUT2D eigenvalue weighted by Gasteiger charge is 2.25. The molecule has 1 N–H and O–H groups in total. The summed E-state index contributed by atoms with van der Waals surface area (Å²) in [7, 11) is 0. The van der Waals surface area contributed by atoms with Gasteiger partial charge in [-0.25, -0.2) is 14.2 Å². The maximum atomic E-state index is 13.2. The normalized spacial score (nSPS) is 15.4. The highest BCUT2D eigenvalue weighted by Crippen LogP contribution is 2.29. The van der Waals surface area contributed by atoms with Crippen molar-refractivity contribution in [1.29, 1.82) is 0 Å².